The van der Waals surface area contributed by atoms with E-state index in [2.05, 4.69) is 0 Å². The highest BCUT2D eigenvalue weighted by molar-refractivity contribution is 5.99. The van der Waals surface area contributed by atoms with Gasteiger partial charge in [-0.25, -0.2) is 9.59 Å². The molecule has 2 aromatic heterocycles. The van der Waals surface area contributed by atoms with Gasteiger partial charge in [-0.2, -0.15) is 0 Å². The van der Waals surface area contributed by atoms with Gasteiger partial charge in [-0.3, -0.25) is 0 Å². The molecule has 1 atom stereocenters. The molecule has 0 saturated heterocycles. The zero-order chi connectivity index (χ0) is 19.8. The molecule has 6 heteroatoms. The van der Waals surface area contributed by atoms with Crippen LogP contribution in [0.4, 0.5) is 0 Å². The molecule has 2 N–H and O–H groups in total. The van der Waals surface area contributed by atoms with Gasteiger partial charge in [-0.05, 0) is 49.4 Å². The number of carboxylic acid groups (broad SMARTS) is 2. The third-order valence-corrected chi connectivity index (χ3v) is 5.84. The summed E-state index contributed by atoms with van der Waals surface area (Å²) in [5.41, 5.74) is 3.56. The van der Waals surface area contributed by atoms with Crippen molar-refractivity contribution in [2.75, 3.05) is 0 Å². The predicted octanol–water partition coefficient (Wildman–Crippen LogP) is 5.29. The molecule has 0 aliphatic heterocycles. The molecule has 1 fully saturated rings. The summed E-state index contributed by atoms with van der Waals surface area (Å²) >= 11 is 0. The molecule has 3 aromatic rings. The Kier molecular flexibility index (Phi) is 4.71. The quantitative estimate of drug-likeness (QED) is 0.626. The molecule has 0 bridgehead atoms. The summed E-state index contributed by atoms with van der Waals surface area (Å²) in [5.74, 6) is -1.67. The van der Waals surface area contributed by atoms with Gasteiger partial charge in [-0.1, -0.05) is 25.3 Å². The largest absolute Gasteiger partial charge is 0.480 e. The normalized spacial score (nSPS) is 16.3. The second-order valence-electron chi connectivity index (χ2n) is 7.53. The minimum absolute atomic E-state index is 0.151. The number of nitrogens with zero attached hydrogens (tertiary/aromatic N) is 1. The van der Waals surface area contributed by atoms with Crippen LogP contribution in [-0.4, -0.2) is 26.7 Å². The van der Waals surface area contributed by atoms with E-state index in [0.717, 1.165) is 47.9 Å². The van der Waals surface area contributed by atoms with Crippen LogP contribution in [0.5, 0.6) is 0 Å². The minimum atomic E-state index is -1.03. The van der Waals surface area contributed by atoms with Crippen molar-refractivity contribution in [3.05, 3.63) is 47.9 Å². The molecule has 1 unspecified atom stereocenters. The Morgan fingerprint density at radius 3 is 2.50 bits per heavy atom. The number of benzene rings is 1. The first kappa shape index (κ1) is 18.3. The summed E-state index contributed by atoms with van der Waals surface area (Å²) in [7, 11) is 0. The highest BCUT2D eigenvalue weighted by Gasteiger charge is 2.30. The topological polar surface area (TPSA) is 92.7 Å². The van der Waals surface area contributed by atoms with Crippen LogP contribution in [0.2, 0.25) is 0 Å². The van der Waals surface area contributed by atoms with E-state index >= 15 is 0 Å². The summed E-state index contributed by atoms with van der Waals surface area (Å²) < 4.78 is 7.07. The van der Waals surface area contributed by atoms with Crippen LogP contribution in [0.3, 0.4) is 0 Å². The summed E-state index contributed by atoms with van der Waals surface area (Å²) in [6, 6.07) is 6.02. The monoisotopic (exact) mass is 381 g/mol. The van der Waals surface area contributed by atoms with Crippen LogP contribution in [0.1, 0.15) is 66.9 Å². The van der Waals surface area contributed by atoms with Crippen LogP contribution in [0, 0.1) is 0 Å². The van der Waals surface area contributed by atoms with Crippen LogP contribution in [0.15, 0.2) is 41.2 Å². The van der Waals surface area contributed by atoms with Gasteiger partial charge in [0, 0.05) is 10.9 Å². The van der Waals surface area contributed by atoms with Crippen molar-refractivity contribution >= 4 is 22.8 Å². The van der Waals surface area contributed by atoms with Gasteiger partial charge in [0.2, 0.25) is 0 Å². The van der Waals surface area contributed by atoms with E-state index in [1.165, 1.54) is 6.42 Å². The van der Waals surface area contributed by atoms with E-state index in [1.807, 2.05) is 12.1 Å². The van der Waals surface area contributed by atoms with Crippen molar-refractivity contribution in [3.8, 4) is 11.3 Å². The van der Waals surface area contributed by atoms with Crippen molar-refractivity contribution in [2.45, 2.75) is 51.0 Å². The fourth-order valence-electron chi connectivity index (χ4n) is 4.48. The Morgan fingerprint density at radius 1 is 1.14 bits per heavy atom. The third-order valence-electron chi connectivity index (χ3n) is 5.84. The molecular weight excluding hydrogens is 358 g/mol. The first-order chi connectivity index (χ1) is 13.5. The van der Waals surface area contributed by atoms with E-state index in [-0.39, 0.29) is 5.56 Å². The fourth-order valence-corrected chi connectivity index (χ4v) is 4.48. The lowest BCUT2D eigenvalue weighted by atomic mass is 9.82. The smallest absolute Gasteiger partial charge is 0.335 e. The number of rotatable bonds is 5. The van der Waals surface area contributed by atoms with E-state index in [9.17, 15) is 19.8 Å². The zero-order valence-corrected chi connectivity index (χ0v) is 15.7. The molecule has 0 spiro atoms. The van der Waals surface area contributed by atoms with Gasteiger partial charge < -0.3 is 19.2 Å². The highest BCUT2D eigenvalue weighted by atomic mass is 16.4. The molecule has 0 radical (unpaired) electrons. The van der Waals surface area contributed by atoms with Crippen molar-refractivity contribution in [1.82, 2.24) is 4.57 Å². The Hall–Kier alpha value is -3.02. The number of aromatic nitrogens is 1. The summed E-state index contributed by atoms with van der Waals surface area (Å²) in [4.78, 5) is 23.5. The van der Waals surface area contributed by atoms with Crippen LogP contribution in [-0.2, 0) is 4.79 Å². The van der Waals surface area contributed by atoms with E-state index < -0.39 is 18.0 Å². The molecule has 1 aromatic carbocycles. The summed E-state index contributed by atoms with van der Waals surface area (Å²) in [5, 5.41) is 20.1. The molecule has 28 heavy (non-hydrogen) atoms. The van der Waals surface area contributed by atoms with Gasteiger partial charge in [-0.15, -0.1) is 0 Å². The molecule has 6 nitrogen and oxygen atoms in total. The Morgan fingerprint density at radius 2 is 1.89 bits per heavy atom. The Balaban J connectivity index is 2.08. The van der Waals surface area contributed by atoms with E-state index in [1.54, 1.807) is 36.1 Å². The van der Waals surface area contributed by atoms with Gasteiger partial charge >= 0.3 is 11.9 Å². The maximum atomic E-state index is 11.9. The van der Waals surface area contributed by atoms with E-state index in [0.29, 0.717) is 11.4 Å². The van der Waals surface area contributed by atoms with Crippen LogP contribution >= 0.6 is 0 Å². The molecule has 146 valence electrons. The first-order valence-electron chi connectivity index (χ1n) is 9.65. The zero-order valence-electron chi connectivity index (χ0n) is 15.7. The molecule has 0 amide bonds. The number of carbonyl (C=O) groups is 2. The average Bonchev–Trinajstić information content (AvgIpc) is 3.33. The standard InChI is InChI=1S/C22H23NO5/c1-13(21(24)25)23-18-11-15(22(26)27)7-8-17(18)19(14-5-3-2-4-6-14)20(23)16-9-10-28-12-16/h7-14H,2-6H2,1H3,(H,24,25)(H,26,27). The number of carboxylic acids is 2. The second-order valence-corrected chi connectivity index (χ2v) is 7.53. The number of fused-ring (bicyclic) bond motifs is 1. The SMILES string of the molecule is CC(C(=O)O)n1c(-c2ccoc2)c(C2CCCCC2)c2ccc(C(=O)O)cc21. The molecule has 1 aliphatic carbocycles. The first-order valence-corrected chi connectivity index (χ1v) is 9.65. The summed E-state index contributed by atoms with van der Waals surface area (Å²) in [6.45, 7) is 1.63. The highest BCUT2D eigenvalue weighted by Crippen LogP contribution is 2.45. The van der Waals surface area contributed by atoms with Crippen molar-refractivity contribution < 1.29 is 24.2 Å². The molecule has 4 rings (SSSR count). The molecule has 1 saturated carbocycles. The van der Waals surface area contributed by atoms with Crippen LogP contribution < -0.4 is 0 Å². The predicted molar refractivity (Wildman–Crippen MR) is 105 cm³/mol. The fraction of sp³-hybridized carbons (Fsp3) is 0.364. The van der Waals surface area contributed by atoms with Gasteiger partial charge in [0.1, 0.15) is 6.04 Å². The lowest BCUT2D eigenvalue weighted by Crippen LogP contribution is -2.17. The van der Waals surface area contributed by atoms with Gasteiger partial charge in [0.25, 0.3) is 0 Å². The minimum Gasteiger partial charge on any atom is -0.480 e. The van der Waals surface area contributed by atoms with E-state index in [4.69, 9.17) is 4.42 Å². The third kappa shape index (κ3) is 2.99. The molecule has 2 heterocycles. The van der Waals surface area contributed by atoms with Crippen molar-refractivity contribution in [1.29, 1.82) is 0 Å². The number of aromatic carboxylic acids is 1. The second kappa shape index (κ2) is 7.19. The molecular formula is C22H23NO5. The average molecular weight is 381 g/mol. The maximum Gasteiger partial charge on any atom is 0.335 e. The van der Waals surface area contributed by atoms with Crippen molar-refractivity contribution in [3.63, 3.8) is 0 Å². The molecule has 1 aliphatic rings. The van der Waals surface area contributed by atoms with Gasteiger partial charge in [0.15, 0.2) is 0 Å². The lowest BCUT2D eigenvalue weighted by Gasteiger charge is -2.23. The van der Waals surface area contributed by atoms with Crippen LogP contribution in [0.25, 0.3) is 22.2 Å². The maximum absolute atomic E-state index is 11.9. The number of aliphatic carboxylic acids is 1. The Bertz CT molecular complexity index is 1030. The number of hydrogen-bond acceptors (Lipinski definition) is 3. The lowest BCUT2D eigenvalue weighted by molar-refractivity contribution is -0.140. The number of furan rings is 1. The number of hydrogen-bond donors (Lipinski definition) is 2. The van der Waals surface area contributed by atoms with Gasteiger partial charge in [0.05, 0.1) is 29.3 Å². The summed E-state index contributed by atoms with van der Waals surface area (Å²) in [6.07, 6.45) is 8.80. The van der Waals surface area contributed by atoms with Crippen molar-refractivity contribution in [2.24, 2.45) is 0 Å². The Labute approximate surface area is 162 Å².